The second-order valence-electron chi connectivity index (χ2n) is 7.36. The van der Waals surface area contributed by atoms with E-state index in [2.05, 4.69) is 34.5 Å². The highest BCUT2D eigenvalue weighted by atomic mass is 32.2. The zero-order valence-electron chi connectivity index (χ0n) is 15.9. The van der Waals surface area contributed by atoms with Gasteiger partial charge in [0.1, 0.15) is 11.6 Å². The van der Waals surface area contributed by atoms with E-state index >= 15 is 0 Å². The largest absolute Gasteiger partial charge is 0.444 e. The SMILES string of the molecule is CC(C)(C)OC(=O)N1CCC[C@H]1c1nnc(SC/C=C/c2ccccc2)o1. The summed E-state index contributed by atoms with van der Waals surface area (Å²) in [4.78, 5) is 14.1. The summed E-state index contributed by atoms with van der Waals surface area (Å²) < 4.78 is 11.3. The van der Waals surface area contributed by atoms with Gasteiger partial charge in [-0.15, -0.1) is 10.2 Å². The number of rotatable bonds is 5. The number of benzene rings is 1. The van der Waals surface area contributed by atoms with Crippen molar-refractivity contribution in [2.24, 2.45) is 0 Å². The zero-order chi connectivity index (χ0) is 19.3. The number of aromatic nitrogens is 2. The van der Waals surface area contributed by atoms with Gasteiger partial charge >= 0.3 is 6.09 Å². The molecule has 144 valence electrons. The van der Waals surface area contributed by atoms with Crippen LogP contribution in [0.3, 0.4) is 0 Å². The predicted octanol–water partition coefficient (Wildman–Crippen LogP) is 4.95. The molecule has 0 N–H and O–H groups in total. The second-order valence-corrected chi connectivity index (χ2v) is 8.33. The summed E-state index contributed by atoms with van der Waals surface area (Å²) in [5.41, 5.74) is 0.633. The minimum absolute atomic E-state index is 0.207. The molecule has 1 aromatic carbocycles. The van der Waals surface area contributed by atoms with Gasteiger partial charge in [-0.25, -0.2) is 4.79 Å². The molecule has 0 radical (unpaired) electrons. The van der Waals surface area contributed by atoms with E-state index in [0.717, 1.165) is 24.2 Å². The number of hydrogen-bond acceptors (Lipinski definition) is 6. The first-order chi connectivity index (χ1) is 12.9. The van der Waals surface area contributed by atoms with Crippen LogP contribution >= 0.6 is 11.8 Å². The van der Waals surface area contributed by atoms with Gasteiger partial charge in [0.05, 0.1) is 0 Å². The minimum atomic E-state index is -0.523. The minimum Gasteiger partial charge on any atom is -0.444 e. The van der Waals surface area contributed by atoms with Crippen LogP contribution in [-0.2, 0) is 4.74 Å². The molecular formula is C20H25N3O3S. The molecule has 1 amide bonds. The molecule has 1 atom stereocenters. The number of ether oxygens (including phenoxy) is 1. The molecule has 0 unspecified atom stereocenters. The Hall–Kier alpha value is -2.28. The Morgan fingerprint density at radius 2 is 2.11 bits per heavy atom. The van der Waals surface area contributed by atoms with Gasteiger partial charge in [-0.2, -0.15) is 0 Å². The van der Waals surface area contributed by atoms with Gasteiger partial charge in [-0.3, -0.25) is 4.90 Å². The van der Waals surface area contributed by atoms with E-state index in [1.165, 1.54) is 11.8 Å². The number of nitrogens with zero attached hydrogens (tertiary/aromatic N) is 3. The number of carbonyl (C=O) groups excluding carboxylic acids is 1. The lowest BCUT2D eigenvalue weighted by atomic mass is 10.2. The molecule has 2 heterocycles. The summed E-state index contributed by atoms with van der Waals surface area (Å²) in [5.74, 6) is 1.21. The van der Waals surface area contributed by atoms with Crippen molar-refractivity contribution in [2.45, 2.75) is 50.5 Å². The molecule has 0 aliphatic carbocycles. The van der Waals surface area contributed by atoms with Crippen LogP contribution in [0.15, 0.2) is 46.0 Å². The molecule has 7 heteroatoms. The first-order valence-corrected chi connectivity index (χ1v) is 10.1. The van der Waals surface area contributed by atoms with Gasteiger partial charge in [0, 0.05) is 12.3 Å². The lowest BCUT2D eigenvalue weighted by molar-refractivity contribution is 0.0201. The molecule has 6 nitrogen and oxygen atoms in total. The van der Waals surface area contributed by atoms with E-state index in [0.29, 0.717) is 17.7 Å². The number of thioether (sulfide) groups is 1. The van der Waals surface area contributed by atoms with Crippen LogP contribution in [0.5, 0.6) is 0 Å². The monoisotopic (exact) mass is 387 g/mol. The fourth-order valence-corrected chi connectivity index (χ4v) is 3.42. The van der Waals surface area contributed by atoms with Gasteiger partial charge in [0.2, 0.25) is 5.89 Å². The Morgan fingerprint density at radius 1 is 1.33 bits per heavy atom. The summed E-state index contributed by atoms with van der Waals surface area (Å²) in [5, 5.41) is 8.77. The summed E-state index contributed by atoms with van der Waals surface area (Å²) in [6.45, 7) is 6.23. The first kappa shape index (κ1) is 19.5. The van der Waals surface area contributed by atoms with Crippen molar-refractivity contribution in [3.8, 4) is 0 Å². The maximum absolute atomic E-state index is 12.4. The fourth-order valence-electron chi connectivity index (χ4n) is 2.84. The molecular weight excluding hydrogens is 362 g/mol. The van der Waals surface area contributed by atoms with E-state index in [1.54, 1.807) is 4.90 Å². The number of amides is 1. The predicted molar refractivity (Wildman–Crippen MR) is 105 cm³/mol. The molecule has 27 heavy (non-hydrogen) atoms. The normalized spacial score (nSPS) is 17.6. The lowest BCUT2D eigenvalue weighted by Crippen LogP contribution is -2.36. The van der Waals surface area contributed by atoms with Gasteiger partial charge in [-0.05, 0) is 39.2 Å². The topological polar surface area (TPSA) is 68.5 Å². The van der Waals surface area contributed by atoms with Crippen molar-refractivity contribution >= 4 is 23.9 Å². The molecule has 3 rings (SSSR count). The number of carbonyl (C=O) groups is 1. The average Bonchev–Trinajstić information content (AvgIpc) is 3.27. The molecule has 0 bridgehead atoms. The summed E-state index contributed by atoms with van der Waals surface area (Å²) in [7, 11) is 0. The molecule has 1 saturated heterocycles. The highest BCUT2D eigenvalue weighted by Crippen LogP contribution is 2.33. The van der Waals surface area contributed by atoms with Crippen molar-refractivity contribution < 1.29 is 13.9 Å². The van der Waals surface area contributed by atoms with Crippen LogP contribution < -0.4 is 0 Å². The standard InChI is InChI=1S/C20H25N3O3S/c1-20(2,3)26-19(24)23-13-7-12-16(23)17-21-22-18(25-17)27-14-8-11-15-9-5-4-6-10-15/h4-6,8-11,16H,7,12-14H2,1-3H3/b11-8+/t16-/m0/s1. The first-order valence-electron chi connectivity index (χ1n) is 9.10. The third kappa shape index (κ3) is 5.60. The van der Waals surface area contributed by atoms with Gasteiger partial charge in [0.15, 0.2) is 0 Å². The van der Waals surface area contributed by atoms with Crippen LogP contribution in [0.1, 0.15) is 51.1 Å². The Morgan fingerprint density at radius 3 is 2.85 bits per heavy atom. The molecule has 0 spiro atoms. The van der Waals surface area contributed by atoms with Crippen molar-refractivity contribution in [1.29, 1.82) is 0 Å². The van der Waals surface area contributed by atoms with Gasteiger partial charge < -0.3 is 9.15 Å². The quantitative estimate of drug-likeness (QED) is 0.676. The average molecular weight is 388 g/mol. The zero-order valence-corrected chi connectivity index (χ0v) is 16.7. The number of hydrogen-bond donors (Lipinski definition) is 0. The highest BCUT2D eigenvalue weighted by molar-refractivity contribution is 7.99. The Labute approximate surface area is 164 Å². The fraction of sp³-hybridized carbons (Fsp3) is 0.450. The summed E-state index contributed by atoms with van der Waals surface area (Å²) in [6, 6.07) is 9.91. The smallest absolute Gasteiger partial charge is 0.410 e. The third-order valence-corrected chi connectivity index (χ3v) is 4.77. The van der Waals surface area contributed by atoms with Crippen molar-refractivity contribution in [3.63, 3.8) is 0 Å². The van der Waals surface area contributed by atoms with Crippen LogP contribution in [0, 0.1) is 0 Å². The maximum atomic E-state index is 12.4. The Balaban J connectivity index is 1.56. The molecule has 2 aromatic rings. The summed E-state index contributed by atoms with van der Waals surface area (Å²) >= 11 is 1.48. The van der Waals surface area contributed by atoms with E-state index in [1.807, 2.05) is 39.0 Å². The van der Waals surface area contributed by atoms with Crippen molar-refractivity contribution in [3.05, 3.63) is 47.9 Å². The number of likely N-dealkylation sites (tertiary alicyclic amines) is 1. The van der Waals surface area contributed by atoms with Gasteiger partial charge in [0.25, 0.3) is 5.22 Å². The van der Waals surface area contributed by atoms with E-state index in [4.69, 9.17) is 9.15 Å². The van der Waals surface area contributed by atoms with Crippen molar-refractivity contribution in [2.75, 3.05) is 12.3 Å². The molecule has 1 aliphatic heterocycles. The van der Waals surface area contributed by atoms with Gasteiger partial charge in [-0.1, -0.05) is 54.2 Å². The Bertz CT molecular complexity index is 783. The second kappa shape index (κ2) is 8.61. The summed E-state index contributed by atoms with van der Waals surface area (Å²) in [6.07, 6.45) is 5.49. The molecule has 1 aromatic heterocycles. The third-order valence-electron chi connectivity index (χ3n) is 4.00. The lowest BCUT2D eigenvalue weighted by Gasteiger charge is -2.27. The molecule has 0 saturated carbocycles. The molecule has 1 fully saturated rings. The van der Waals surface area contributed by atoms with E-state index < -0.39 is 5.60 Å². The van der Waals surface area contributed by atoms with Crippen LogP contribution in [0.2, 0.25) is 0 Å². The van der Waals surface area contributed by atoms with Crippen LogP contribution in [0.4, 0.5) is 4.79 Å². The van der Waals surface area contributed by atoms with E-state index in [-0.39, 0.29) is 12.1 Å². The highest BCUT2D eigenvalue weighted by Gasteiger charge is 2.36. The maximum Gasteiger partial charge on any atom is 0.410 e. The Kier molecular flexibility index (Phi) is 6.21. The van der Waals surface area contributed by atoms with Crippen molar-refractivity contribution in [1.82, 2.24) is 15.1 Å². The van der Waals surface area contributed by atoms with Crippen LogP contribution in [-0.4, -0.2) is 39.1 Å². The molecule has 1 aliphatic rings. The van der Waals surface area contributed by atoms with E-state index in [9.17, 15) is 4.79 Å². The van der Waals surface area contributed by atoms with Crippen LogP contribution in [0.25, 0.3) is 6.08 Å².